The van der Waals surface area contributed by atoms with Crippen molar-refractivity contribution in [1.82, 2.24) is 14.6 Å². The van der Waals surface area contributed by atoms with Gasteiger partial charge in [0.1, 0.15) is 5.82 Å². The molecule has 21 heavy (non-hydrogen) atoms. The van der Waals surface area contributed by atoms with Crippen LogP contribution in [0.3, 0.4) is 0 Å². The molecule has 0 saturated carbocycles. The minimum Gasteiger partial charge on any atom is -0.339 e. The molecule has 3 heterocycles. The van der Waals surface area contributed by atoms with Crippen molar-refractivity contribution >= 4 is 21.4 Å². The van der Waals surface area contributed by atoms with Crippen LogP contribution in [-0.2, 0) is 0 Å². The Morgan fingerprint density at radius 1 is 1.29 bits per heavy atom. The van der Waals surface area contributed by atoms with Gasteiger partial charge in [0.15, 0.2) is 0 Å². The lowest BCUT2D eigenvalue weighted by Crippen LogP contribution is -2.41. The number of hydrogen-bond acceptors (Lipinski definition) is 5. The molecule has 0 radical (unpaired) electrons. The third kappa shape index (κ3) is 1.92. The SMILES string of the molecule is O=c1ccnc2sc(N3CCC3c3ccccc3F)nn12. The molecule has 1 aromatic carbocycles. The van der Waals surface area contributed by atoms with Crippen molar-refractivity contribution in [2.45, 2.75) is 12.5 Å². The van der Waals surface area contributed by atoms with Crippen LogP contribution in [0.5, 0.6) is 0 Å². The van der Waals surface area contributed by atoms with Gasteiger partial charge in [-0.2, -0.15) is 4.52 Å². The maximum Gasteiger partial charge on any atom is 0.275 e. The third-order valence-electron chi connectivity index (χ3n) is 3.69. The van der Waals surface area contributed by atoms with Crippen molar-refractivity contribution in [1.29, 1.82) is 0 Å². The molecule has 3 aromatic rings. The van der Waals surface area contributed by atoms with Gasteiger partial charge in [0.2, 0.25) is 10.1 Å². The van der Waals surface area contributed by atoms with E-state index in [0.29, 0.717) is 15.7 Å². The van der Waals surface area contributed by atoms with Gasteiger partial charge in [-0.05, 0) is 12.5 Å². The van der Waals surface area contributed by atoms with Crippen molar-refractivity contribution < 1.29 is 4.39 Å². The number of rotatable bonds is 2. The van der Waals surface area contributed by atoms with E-state index in [1.807, 2.05) is 11.0 Å². The van der Waals surface area contributed by atoms with E-state index in [9.17, 15) is 9.18 Å². The molecule has 2 aromatic heterocycles. The Hall–Kier alpha value is -2.28. The highest BCUT2D eigenvalue weighted by atomic mass is 32.1. The van der Waals surface area contributed by atoms with Crippen LogP contribution in [0, 0.1) is 5.82 Å². The van der Waals surface area contributed by atoms with Gasteiger partial charge in [0.05, 0.1) is 6.04 Å². The highest BCUT2D eigenvalue weighted by molar-refractivity contribution is 7.20. The standard InChI is InChI=1S/C14H11FN4OS/c15-10-4-2-1-3-9(10)11-6-8-18(11)14-17-19-12(20)5-7-16-13(19)21-14/h1-5,7,11H,6,8H2. The molecule has 7 heteroatoms. The summed E-state index contributed by atoms with van der Waals surface area (Å²) in [6.45, 7) is 0.799. The van der Waals surface area contributed by atoms with Crippen LogP contribution in [-0.4, -0.2) is 21.1 Å². The lowest BCUT2D eigenvalue weighted by molar-refractivity contribution is 0.442. The van der Waals surface area contributed by atoms with Crippen molar-refractivity contribution in [3.05, 3.63) is 58.3 Å². The monoisotopic (exact) mass is 302 g/mol. The quantitative estimate of drug-likeness (QED) is 0.728. The number of anilines is 1. The van der Waals surface area contributed by atoms with E-state index < -0.39 is 0 Å². The fourth-order valence-electron chi connectivity index (χ4n) is 2.53. The van der Waals surface area contributed by atoms with E-state index in [1.54, 1.807) is 12.1 Å². The minimum atomic E-state index is -0.205. The van der Waals surface area contributed by atoms with E-state index >= 15 is 0 Å². The summed E-state index contributed by atoms with van der Waals surface area (Å²) in [5, 5.41) is 5.00. The van der Waals surface area contributed by atoms with Gasteiger partial charge in [-0.25, -0.2) is 9.37 Å². The van der Waals surface area contributed by atoms with Crippen LogP contribution < -0.4 is 10.5 Å². The molecule has 1 atom stereocenters. The lowest BCUT2D eigenvalue weighted by atomic mass is 9.95. The average Bonchev–Trinajstić information content (AvgIpc) is 2.85. The van der Waals surface area contributed by atoms with Crippen molar-refractivity contribution in [3.63, 3.8) is 0 Å². The van der Waals surface area contributed by atoms with E-state index in [0.717, 1.165) is 13.0 Å². The molecule has 0 aliphatic carbocycles. The topological polar surface area (TPSA) is 50.5 Å². The number of nitrogens with zero attached hydrogens (tertiary/aromatic N) is 4. The van der Waals surface area contributed by atoms with Crippen LogP contribution in [0.4, 0.5) is 9.52 Å². The van der Waals surface area contributed by atoms with E-state index in [4.69, 9.17) is 0 Å². The van der Waals surface area contributed by atoms with E-state index in [2.05, 4.69) is 10.1 Å². The zero-order chi connectivity index (χ0) is 14.4. The zero-order valence-corrected chi connectivity index (χ0v) is 11.8. The summed E-state index contributed by atoms with van der Waals surface area (Å²) in [6, 6.07) is 8.13. The van der Waals surface area contributed by atoms with Crippen LogP contribution in [0.2, 0.25) is 0 Å². The van der Waals surface area contributed by atoms with Gasteiger partial charge in [-0.15, -0.1) is 5.10 Å². The first-order valence-corrected chi connectivity index (χ1v) is 7.41. The minimum absolute atomic E-state index is 0.0255. The number of benzene rings is 1. The largest absolute Gasteiger partial charge is 0.339 e. The Morgan fingerprint density at radius 3 is 2.86 bits per heavy atom. The van der Waals surface area contributed by atoms with Gasteiger partial charge < -0.3 is 4.90 Å². The highest BCUT2D eigenvalue weighted by Gasteiger charge is 2.33. The zero-order valence-electron chi connectivity index (χ0n) is 10.9. The maximum absolute atomic E-state index is 13.9. The molecule has 0 N–H and O–H groups in total. The van der Waals surface area contributed by atoms with Gasteiger partial charge in [-0.3, -0.25) is 4.79 Å². The number of halogens is 1. The molecule has 5 nitrogen and oxygen atoms in total. The molecule has 1 aliphatic rings. The molecule has 0 bridgehead atoms. The fourth-order valence-corrected chi connectivity index (χ4v) is 3.49. The summed E-state index contributed by atoms with van der Waals surface area (Å²) in [7, 11) is 0. The summed E-state index contributed by atoms with van der Waals surface area (Å²) in [5.41, 5.74) is 0.466. The Kier molecular flexibility index (Phi) is 2.75. The number of aromatic nitrogens is 3. The molecular formula is C14H11FN4OS. The molecule has 0 amide bonds. The summed E-state index contributed by atoms with van der Waals surface area (Å²) in [4.78, 5) is 18.4. The van der Waals surface area contributed by atoms with Crippen molar-refractivity contribution in [3.8, 4) is 0 Å². The van der Waals surface area contributed by atoms with Crippen LogP contribution >= 0.6 is 11.3 Å². The normalized spacial score (nSPS) is 18.0. The molecule has 0 spiro atoms. The predicted octanol–water partition coefficient (Wildman–Crippen LogP) is 2.24. The maximum atomic E-state index is 13.9. The second kappa shape index (κ2) is 4.63. The Labute approximate surface area is 123 Å². The Morgan fingerprint density at radius 2 is 2.14 bits per heavy atom. The summed E-state index contributed by atoms with van der Waals surface area (Å²) in [5.74, 6) is -0.205. The Balaban J connectivity index is 1.74. The summed E-state index contributed by atoms with van der Waals surface area (Å²) >= 11 is 1.34. The molecule has 106 valence electrons. The Bertz CT molecular complexity index is 875. The number of fused-ring (bicyclic) bond motifs is 1. The first kappa shape index (κ1) is 12.5. The van der Waals surface area contributed by atoms with Crippen molar-refractivity contribution in [2.24, 2.45) is 0 Å². The third-order valence-corrected chi connectivity index (χ3v) is 4.65. The van der Waals surface area contributed by atoms with Gasteiger partial charge in [0, 0.05) is 24.4 Å². The predicted molar refractivity (Wildman–Crippen MR) is 78.2 cm³/mol. The molecule has 1 fully saturated rings. The second-order valence-electron chi connectivity index (χ2n) is 4.88. The first-order valence-electron chi connectivity index (χ1n) is 6.60. The fraction of sp³-hybridized carbons (Fsp3) is 0.214. The molecule has 1 unspecified atom stereocenters. The van der Waals surface area contributed by atoms with E-state index in [1.165, 1.54) is 34.2 Å². The van der Waals surface area contributed by atoms with Gasteiger partial charge >= 0.3 is 0 Å². The molecule has 4 rings (SSSR count). The van der Waals surface area contributed by atoms with Gasteiger partial charge in [-0.1, -0.05) is 29.5 Å². The first-order chi connectivity index (χ1) is 10.2. The second-order valence-corrected chi connectivity index (χ2v) is 5.82. The molecular weight excluding hydrogens is 291 g/mol. The molecule has 1 aliphatic heterocycles. The van der Waals surface area contributed by atoms with Crippen LogP contribution in [0.1, 0.15) is 18.0 Å². The smallest absolute Gasteiger partial charge is 0.275 e. The van der Waals surface area contributed by atoms with Gasteiger partial charge in [0.25, 0.3) is 5.56 Å². The highest BCUT2D eigenvalue weighted by Crippen LogP contribution is 2.39. The summed E-state index contributed by atoms with van der Waals surface area (Å²) < 4.78 is 15.2. The lowest BCUT2D eigenvalue weighted by Gasteiger charge is -2.40. The molecule has 1 saturated heterocycles. The number of hydrogen-bond donors (Lipinski definition) is 0. The van der Waals surface area contributed by atoms with Crippen LogP contribution in [0.25, 0.3) is 4.96 Å². The van der Waals surface area contributed by atoms with E-state index in [-0.39, 0.29) is 17.4 Å². The van der Waals surface area contributed by atoms with Crippen LogP contribution in [0.15, 0.2) is 41.3 Å². The summed E-state index contributed by atoms with van der Waals surface area (Å²) in [6.07, 6.45) is 2.35. The van der Waals surface area contributed by atoms with Crippen molar-refractivity contribution in [2.75, 3.05) is 11.4 Å². The average molecular weight is 302 g/mol.